The van der Waals surface area contributed by atoms with Crippen molar-refractivity contribution in [2.75, 3.05) is 0 Å². The first kappa shape index (κ1) is 37.8. The number of rotatable bonds is 3. The van der Waals surface area contributed by atoms with Gasteiger partial charge in [-0.3, -0.25) is 0 Å². The highest BCUT2D eigenvalue weighted by atomic mass is 16.2. The van der Waals surface area contributed by atoms with Gasteiger partial charge < -0.3 is 0 Å². The van der Waals surface area contributed by atoms with Gasteiger partial charge in [-0.15, -0.1) is 0 Å². The van der Waals surface area contributed by atoms with Crippen molar-refractivity contribution >= 4 is 0 Å². The van der Waals surface area contributed by atoms with Gasteiger partial charge in [0.2, 0.25) is 0 Å². The molecule has 0 bridgehead atoms. The second-order valence-electron chi connectivity index (χ2n) is 15.4. The summed E-state index contributed by atoms with van der Waals surface area (Å²) < 4.78 is 3.03. The zero-order chi connectivity index (χ0) is 30.7. The molecular formula is C32H59N3O3. The minimum atomic E-state index is -0.586. The Morgan fingerprint density at radius 1 is 0.579 bits per heavy atom. The molecule has 38 heavy (non-hydrogen) atoms. The van der Waals surface area contributed by atoms with Crippen molar-refractivity contribution < 1.29 is 0 Å². The molecule has 0 N–H and O–H groups in total. The third-order valence-corrected chi connectivity index (χ3v) is 4.56. The van der Waals surface area contributed by atoms with E-state index in [1.54, 1.807) is 0 Å². The maximum Gasteiger partial charge on any atom is 0.336 e. The van der Waals surface area contributed by atoms with Gasteiger partial charge in [0.25, 0.3) is 0 Å². The average Bonchev–Trinajstić information content (AvgIpc) is 2.71. The predicted molar refractivity (Wildman–Crippen MR) is 165 cm³/mol. The monoisotopic (exact) mass is 533 g/mol. The highest BCUT2D eigenvalue weighted by molar-refractivity contribution is 5.21. The molecule has 2 aromatic rings. The molecule has 0 radical (unpaired) electrons. The molecule has 1 aromatic heterocycles. The van der Waals surface area contributed by atoms with Crippen molar-refractivity contribution in [3.05, 3.63) is 67.3 Å². The Kier molecular flexibility index (Phi) is 15.2. The third-order valence-electron chi connectivity index (χ3n) is 4.56. The number of aromatic nitrogens is 3. The molecule has 0 aliphatic heterocycles. The highest BCUT2D eigenvalue weighted by Crippen LogP contribution is 2.21. The lowest BCUT2D eigenvalue weighted by atomic mass is 9.87. The van der Waals surface area contributed by atoms with Crippen molar-refractivity contribution in [3.63, 3.8) is 0 Å². The van der Waals surface area contributed by atoms with E-state index in [0.717, 1.165) is 26.5 Å². The fourth-order valence-electron chi connectivity index (χ4n) is 2.73. The summed E-state index contributed by atoms with van der Waals surface area (Å²) in [6, 6.07) is 10.6. The fraction of sp³-hybridized carbons (Fsp3) is 0.719. The molecule has 2 rings (SSSR count). The summed E-state index contributed by atoms with van der Waals surface area (Å²) in [7, 11) is 2.76. The largest absolute Gasteiger partial charge is 0.336 e. The maximum atomic E-state index is 11.8. The average molecular weight is 534 g/mol. The van der Waals surface area contributed by atoms with Crippen molar-refractivity contribution in [3.8, 4) is 0 Å². The SMILES string of the molecule is CC(C)(C)C.CC(C)(C)C.CC(C)(C)c1ccccc1.Cn1c(=O)n(C)c(=O)n(CCCC(C)(C)C)c1=O. The molecule has 6 heteroatoms. The number of hydrogen-bond donors (Lipinski definition) is 0. The van der Waals surface area contributed by atoms with Crippen LogP contribution in [0.2, 0.25) is 0 Å². The van der Waals surface area contributed by atoms with Gasteiger partial charge in [-0.05, 0) is 40.1 Å². The molecule has 1 heterocycles. The molecule has 220 valence electrons. The molecule has 6 nitrogen and oxygen atoms in total. The molecule has 1 aromatic carbocycles. The van der Waals surface area contributed by atoms with Gasteiger partial charge in [-0.1, -0.05) is 127 Å². The molecule has 0 saturated heterocycles. The van der Waals surface area contributed by atoms with Gasteiger partial charge in [0.05, 0.1) is 0 Å². The molecule has 0 aliphatic carbocycles. The number of nitrogens with zero attached hydrogens (tertiary/aromatic N) is 3. The van der Waals surface area contributed by atoms with Crippen LogP contribution < -0.4 is 17.1 Å². The van der Waals surface area contributed by atoms with Gasteiger partial charge in [0, 0.05) is 20.6 Å². The Labute approximate surface area is 233 Å². The molecule has 0 aliphatic rings. The van der Waals surface area contributed by atoms with Crippen LogP contribution >= 0.6 is 0 Å². The summed E-state index contributed by atoms with van der Waals surface area (Å²) in [5, 5.41) is 0. The van der Waals surface area contributed by atoms with E-state index in [9.17, 15) is 14.4 Å². The Balaban J connectivity index is 0. The zero-order valence-electron chi connectivity index (χ0n) is 27.6. The molecule has 0 unspecified atom stereocenters. The second kappa shape index (κ2) is 15.3. The first-order valence-corrected chi connectivity index (χ1v) is 13.7. The molecule has 0 amide bonds. The Bertz CT molecular complexity index is 1040. The first-order valence-electron chi connectivity index (χ1n) is 13.7. The van der Waals surface area contributed by atoms with E-state index in [1.165, 1.54) is 19.7 Å². The number of benzene rings is 1. The third kappa shape index (κ3) is 19.7. The van der Waals surface area contributed by atoms with Crippen LogP contribution in [-0.4, -0.2) is 13.7 Å². The first-order chi connectivity index (χ1) is 16.8. The van der Waals surface area contributed by atoms with Crippen molar-refractivity contribution in [1.29, 1.82) is 0 Å². The van der Waals surface area contributed by atoms with Crippen LogP contribution in [0.3, 0.4) is 0 Å². The summed E-state index contributed by atoms with van der Waals surface area (Å²) in [4.78, 5) is 35.2. The second-order valence-corrected chi connectivity index (χ2v) is 15.4. The zero-order valence-corrected chi connectivity index (χ0v) is 27.6. The lowest BCUT2D eigenvalue weighted by Crippen LogP contribution is -2.52. The van der Waals surface area contributed by atoms with Crippen LogP contribution in [0.4, 0.5) is 0 Å². The quantitative estimate of drug-likeness (QED) is 0.420. The van der Waals surface area contributed by atoms with Crippen LogP contribution in [-0.2, 0) is 26.1 Å². The highest BCUT2D eigenvalue weighted by Gasteiger charge is 2.13. The van der Waals surface area contributed by atoms with Gasteiger partial charge in [-0.2, -0.15) is 0 Å². The summed E-state index contributed by atoms with van der Waals surface area (Å²) in [5.41, 5.74) is 1.18. The molecule has 0 saturated carbocycles. The fourth-order valence-corrected chi connectivity index (χ4v) is 2.73. The van der Waals surface area contributed by atoms with Gasteiger partial charge in [0.15, 0.2) is 0 Å². The van der Waals surface area contributed by atoms with Gasteiger partial charge >= 0.3 is 17.1 Å². The Hall–Kier alpha value is -2.37. The molecule has 0 fully saturated rings. The van der Waals surface area contributed by atoms with E-state index in [1.807, 2.05) is 0 Å². The van der Waals surface area contributed by atoms with Crippen LogP contribution in [0, 0.1) is 16.2 Å². The van der Waals surface area contributed by atoms with Crippen LogP contribution in [0.5, 0.6) is 0 Å². The van der Waals surface area contributed by atoms with E-state index in [2.05, 4.69) is 127 Å². The predicted octanol–water partition coefficient (Wildman–Crippen LogP) is 7.16. The van der Waals surface area contributed by atoms with E-state index in [0.29, 0.717) is 22.8 Å². The van der Waals surface area contributed by atoms with Gasteiger partial charge in [0.1, 0.15) is 0 Å². The lowest BCUT2D eigenvalue weighted by molar-refractivity contribution is 0.345. The molecule has 0 spiro atoms. The summed E-state index contributed by atoms with van der Waals surface area (Å²) in [5.74, 6) is 0. The smallest absolute Gasteiger partial charge is 0.248 e. The minimum Gasteiger partial charge on any atom is -0.248 e. The normalized spacial score (nSPS) is 11.8. The van der Waals surface area contributed by atoms with Crippen LogP contribution in [0.1, 0.15) is 115 Å². The summed E-state index contributed by atoms with van der Waals surface area (Å²) >= 11 is 0. The Morgan fingerprint density at radius 3 is 1.18 bits per heavy atom. The minimum absolute atomic E-state index is 0.162. The van der Waals surface area contributed by atoms with Crippen molar-refractivity contribution in [1.82, 2.24) is 13.7 Å². The maximum absolute atomic E-state index is 11.8. The van der Waals surface area contributed by atoms with Crippen molar-refractivity contribution in [2.24, 2.45) is 30.3 Å². The lowest BCUT2D eigenvalue weighted by Gasteiger charge is -2.18. The summed E-state index contributed by atoms with van der Waals surface area (Å²) in [6.07, 6.45) is 1.64. The van der Waals surface area contributed by atoms with E-state index in [4.69, 9.17) is 0 Å². The Morgan fingerprint density at radius 2 is 0.921 bits per heavy atom. The number of hydrogen-bond acceptors (Lipinski definition) is 3. The van der Waals surface area contributed by atoms with E-state index >= 15 is 0 Å². The van der Waals surface area contributed by atoms with Crippen LogP contribution in [0.15, 0.2) is 44.7 Å². The van der Waals surface area contributed by atoms with Crippen molar-refractivity contribution in [2.45, 2.75) is 122 Å². The van der Waals surface area contributed by atoms with E-state index in [-0.39, 0.29) is 5.41 Å². The molecule has 0 atom stereocenters. The summed E-state index contributed by atoms with van der Waals surface area (Å²) in [6.45, 7) is 30.8. The standard InChI is InChI=1S/C12H21N3O3.C10H14.2C5H12/c1-12(2,3)7-6-8-15-10(17)13(4)9(16)14(5)11(15)18;1-10(2,3)9-7-5-4-6-8-9;2*1-5(2,3)4/h6-8H2,1-5H3;4-8H,1-3H3;2*1-4H3. The topological polar surface area (TPSA) is 66.0 Å². The van der Waals surface area contributed by atoms with E-state index < -0.39 is 17.1 Å². The van der Waals surface area contributed by atoms with Gasteiger partial charge in [-0.25, -0.2) is 28.1 Å². The molecular weight excluding hydrogens is 474 g/mol. The van der Waals surface area contributed by atoms with Crippen LogP contribution in [0.25, 0.3) is 0 Å².